The topological polar surface area (TPSA) is 222 Å². The number of fused-ring (bicyclic) bond motifs is 1. The average Bonchev–Trinajstić information content (AvgIpc) is 3.31. The van der Waals surface area contributed by atoms with E-state index in [4.69, 9.17) is 19.3 Å². The first-order valence-corrected chi connectivity index (χ1v) is 11.3. The van der Waals surface area contributed by atoms with Crippen molar-refractivity contribution in [3.63, 3.8) is 0 Å². The van der Waals surface area contributed by atoms with Crippen LogP contribution in [0, 0.1) is 0 Å². The number of phosphoric acid groups is 1. The first-order chi connectivity index (χ1) is 16.1. The van der Waals surface area contributed by atoms with Gasteiger partial charge < -0.3 is 45.0 Å². The van der Waals surface area contributed by atoms with Crippen LogP contribution in [0.15, 0.2) is 24.8 Å². The van der Waals surface area contributed by atoms with E-state index in [1.807, 2.05) is 0 Å². The number of aliphatic hydroxyl groups is 2. The third kappa shape index (κ3) is 4.76. The van der Waals surface area contributed by atoms with E-state index in [0.29, 0.717) is 5.56 Å². The molecule has 16 heteroatoms. The van der Waals surface area contributed by atoms with Gasteiger partial charge in [-0.2, -0.15) is 0 Å². The number of ether oxygens (including phenoxy) is 2. The van der Waals surface area contributed by atoms with Crippen LogP contribution < -0.4 is 10.1 Å². The smallest absolute Gasteiger partial charge is 0.469 e. The van der Waals surface area contributed by atoms with E-state index in [1.54, 1.807) is 0 Å². The highest BCUT2D eigenvalue weighted by Crippen LogP contribution is 2.39. The highest BCUT2D eigenvalue weighted by Gasteiger charge is 2.45. The lowest BCUT2D eigenvalue weighted by atomic mass is 10.1. The minimum absolute atomic E-state index is 0.0904. The van der Waals surface area contributed by atoms with E-state index < -0.39 is 39.0 Å². The van der Waals surface area contributed by atoms with Gasteiger partial charge in [0.25, 0.3) is 0 Å². The lowest BCUT2D eigenvalue weighted by molar-refractivity contribution is -0.0504. The van der Waals surface area contributed by atoms with Crippen molar-refractivity contribution in [3.8, 4) is 17.2 Å². The van der Waals surface area contributed by atoms with E-state index in [9.17, 15) is 25.0 Å². The Labute approximate surface area is 191 Å². The molecule has 0 spiro atoms. The van der Waals surface area contributed by atoms with Crippen LogP contribution in [-0.4, -0.2) is 81.8 Å². The summed E-state index contributed by atoms with van der Waals surface area (Å²) in [5, 5.41) is 43.4. The van der Waals surface area contributed by atoms with Gasteiger partial charge in [-0.05, 0) is 6.07 Å². The van der Waals surface area contributed by atoms with E-state index in [-0.39, 0.29) is 40.8 Å². The summed E-state index contributed by atoms with van der Waals surface area (Å²) in [5.41, 5.74) is 0.957. The number of nitrogens with one attached hydrogen (secondary N) is 1. The van der Waals surface area contributed by atoms with Gasteiger partial charge in [0, 0.05) is 18.2 Å². The van der Waals surface area contributed by atoms with Gasteiger partial charge in [0.2, 0.25) is 0 Å². The predicted molar refractivity (Wildman–Crippen MR) is 113 cm³/mol. The number of rotatable bonds is 8. The molecule has 4 rings (SSSR count). The van der Waals surface area contributed by atoms with Gasteiger partial charge in [-0.1, -0.05) is 0 Å². The van der Waals surface area contributed by atoms with Crippen molar-refractivity contribution in [1.29, 1.82) is 0 Å². The number of imidazole rings is 1. The maximum Gasteiger partial charge on any atom is 0.469 e. The molecular formula is C18H22N5O10P. The molecule has 3 aromatic rings. The number of phenols is 2. The van der Waals surface area contributed by atoms with Crippen molar-refractivity contribution in [1.82, 2.24) is 19.5 Å². The Hall–Kier alpha value is -3.04. The second kappa shape index (κ2) is 9.31. The van der Waals surface area contributed by atoms with Crippen molar-refractivity contribution in [2.24, 2.45) is 0 Å². The number of benzene rings is 1. The Morgan fingerprint density at radius 2 is 1.94 bits per heavy atom. The molecule has 1 aromatic carbocycles. The number of anilines is 1. The minimum atomic E-state index is -4.80. The molecule has 1 saturated heterocycles. The molecule has 15 nitrogen and oxygen atoms in total. The van der Waals surface area contributed by atoms with Crippen molar-refractivity contribution < 1.29 is 48.8 Å². The fraction of sp³-hybridized carbons (Fsp3) is 0.389. The predicted octanol–water partition coefficient (Wildman–Crippen LogP) is -0.413. The van der Waals surface area contributed by atoms with Gasteiger partial charge in [-0.15, -0.1) is 0 Å². The molecule has 0 saturated carbocycles. The summed E-state index contributed by atoms with van der Waals surface area (Å²) in [5.74, 6) is 0.0549. The van der Waals surface area contributed by atoms with Gasteiger partial charge in [-0.25, -0.2) is 19.5 Å². The summed E-state index contributed by atoms with van der Waals surface area (Å²) in [4.78, 5) is 30.3. The van der Waals surface area contributed by atoms with Crippen molar-refractivity contribution in [2.75, 3.05) is 19.0 Å². The van der Waals surface area contributed by atoms with Crippen LogP contribution in [0.4, 0.5) is 5.82 Å². The molecule has 2 aromatic heterocycles. The Morgan fingerprint density at radius 3 is 2.65 bits per heavy atom. The maximum absolute atomic E-state index is 10.9. The van der Waals surface area contributed by atoms with E-state index in [1.165, 1.54) is 30.4 Å². The molecule has 34 heavy (non-hydrogen) atoms. The number of methoxy groups -OCH3 is 1. The fourth-order valence-corrected chi connectivity index (χ4v) is 3.98. The Balaban J connectivity index is 1.56. The number of hydrogen-bond donors (Lipinski definition) is 7. The molecule has 3 heterocycles. The van der Waals surface area contributed by atoms with Crippen LogP contribution in [0.2, 0.25) is 0 Å². The molecule has 0 aliphatic carbocycles. The zero-order valence-corrected chi connectivity index (χ0v) is 18.5. The van der Waals surface area contributed by atoms with Crippen molar-refractivity contribution >= 4 is 24.8 Å². The number of aromatic nitrogens is 4. The van der Waals surface area contributed by atoms with Gasteiger partial charge in [0.05, 0.1) is 20.0 Å². The van der Waals surface area contributed by atoms with Crippen LogP contribution in [0.5, 0.6) is 17.2 Å². The highest BCUT2D eigenvalue weighted by molar-refractivity contribution is 7.46. The number of aliphatic hydroxyl groups excluding tert-OH is 2. The number of nitrogens with zero attached hydrogens (tertiary/aromatic N) is 4. The zero-order chi connectivity index (χ0) is 24.6. The first-order valence-electron chi connectivity index (χ1n) is 9.81. The molecule has 1 aliphatic heterocycles. The van der Waals surface area contributed by atoms with Gasteiger partial charge >= 0.3 is 7.82 Å². The molecule has 1 aliphatic rings. The summed E-state index contributed by atoms with van der Waals surface area (Å²) in [7, 11) is -3.42. The minimum Gasteiger partial charge on any atom is -0.508 e. The van der Waals surface area contributed by atoms with Crippen LogP contribution in [0.1, 0.15) is 11.8 Å². The Morgan fingerprint density at radius 1 is 1.18 bits per heavy atom. The molecule has 4 atom stereocenters. The fourth-order valence-electron chi connectivity index (χ4n) is 3.64. The summed E-state index contributed by atoms with van der Waals surface area (Å²) in [6, 6.07) is 2.55. The quantitative estimate of drug-likeness (QED) is 0.196. The number of phosphoric ester groups is 1. The third-order valence-electron chi connectivity index (χ3n) is 5.16. The highest BCUT2D eigenvalue weighted by atomic mass is 31.2. The maximum atomic E-state index is 10.9. The molecule has 0 amide bonds. The van der Waals surface area contributed by atoms with Gasteiger partial charge in [0.15, 0.2) is 34.7 Å². The lowest BCUT2D eigenvalue weighted by Crippen LogP contribution is -2.33. The number of hydrogen-bond acceptors (Lipinski definition) is 12. The SMILES string of the molecule is COc1c(O)cc(O)cc1CNc1ncnc2c1ncn2[C@@H]1O[C@H](COP(=O)(O)O)[C@@H](O)[C@H]1O. The Bertz CT molecular complexity index is 1230. The van der Waals surface area contributed by atoms with E-state index in [2.05, 4.69) is 24.8 Å². The molecule has 0 unspecified atom stereocenters. The van der Waals surface area contributed by atoms with Crippen LogP contribution in [0.3, 0.4) is 0 Å². The van der Waals surface area contributed by atoms with E-state index in [0.717, 1.165) is 6.07 Å². The van der Waals surface area contributed by atoms with Crippen LogP contribution >= 0.6 is 7.82 Å². The second-order valence-corrected chi connectivity index (χ2v) is 8.63. The Kier molecular flexibility index (Phi) is 6.60. The number of phenolic OH excluding ortho intramolecular Hbond substituents is 2. The van der Waals surface area contributed by atoms with Crippen LogP contribution in [0.25, 0.3) is 11.2 Å². The number of aromatic hydroxyl groups is 2. The largest absolute Gasteiger partial charge is 0.508 e. The zero-order valence-electron chi connectivity index (χ0n) is 17.6. The standard InChI is InChI=1S/C18H22N5O10P/c1-31-15-8(2-9(24)3-10(15)25)4-19-16-12-17(21-6-20-16)23(7-22-12)18-14(27)13(26)11(33-18)5-32-34(28,29)30/h2-3,6-7,11,13-14,18,24-27H,4-5H2,1H3,(H,19,20,21)(H2,28,29,30)/t11-,13-,14-,18-/m1/s1. The molecule has 184 valence electrons. The average molecular weight is 499 g/mol. The summed E-state index contributed by atoms with van der Waals surface area (Å²) < 4.78 is 27.4. The molecule has 0 bridgehead atoms. The summed E-state index contributed by atoms with van der Waals surface area (Å²) in [6.07, 6.45) is -2.80. The second-order valence-electron chi connectivity index (χ2n) is 7.39. The van der Waals surface area contributed by atoms with Gasteiger partial charge in [-0.3, -0.25) is 9.09 Å². The lowest BCUT2D eigenvalue weighted by Gasteiger charge is -2.16. The molecule has 0 radical (unpaired) electrons. The normalized spacial score (nSPS) is 22.9. The van der Waals surface area contributed by atoms with Gasteiger partial charge in [0.1, 0.15) is 30.4 Å². The molecular weight excluding hydrogens is 477 g/mol. The third-order valence-corrected chi connectivity index (χ3v) is 5.64. The van der Waals surface area contributed by atoms with Crippen molar-refractivity contribution in [2.45, 2.75) is 31.1 Å². The van der Waals surface area contributed by atoms with Crippen LogP contribution in [-0.2, 0) is 20.4 Å². The molecule has 1 fully saturated rings. The first kappa shape index (κ1) is 24.1. The summed E-state index contributed by atoms with van der Waals surface area (Å²) in [6.45, 7) is -0.556. The van der Waals surface area contributed by atoms with E-state index >= 15 is 0 Å². The monoisotopic (exact) mass is 499 g/mol. The van der Waals surface area contributed by atoms with Crippen molar-refractivity contribution in [3.05, 3.63) is 30.4 Å². The molecule has 7 N–H and O–H groups in total. The summed E-state index contributed by atoms with van der Waals surface area (Å²) >= 11 is 0.